The standard InChI is InChI=1S/C10H16BrN5O2/c1-6-10(17,2-3-18-6)5-14-8-7(11)4-13-9(15-8)16-12/h4,6,17H,2-3,5,12H2,1H3,(H2,13,14,15,16). The van der Waals surface area contributed by atoms with Crippen molar-refractivity contribution in [1.29, 1.82) is 0 Å². The van der Waals surface area contributed by atoms with E-state index in [1.165, 1.54) is 0 Å². The van der Waals surface area contributed by atoms with Crippen molar-refractivity contribution in [3.8, 4) is 0 Å². The summed E-state index contributed by atoms with van der Waals surface area (Å²) < 4.78 is 6.07. The molecular formula is C10H16BrN5O2. The van der Waals surface area contributed by atoms with Crippen LogP contribution < -0.4 is 16.6 Å². The normalized spacial score (nSPS) is 27.2. The van der Waals surface area contributed by atoms with Crippen LogP contribution >= 0.6 is 15.9 Å². The van der Waals surface area contributed by atoms with Crippen LogP contribution in [0.25, 0.3) is 0 Å². The zero-order chi connectivity index (χ0) is 13.2. The van der Waals surface area contributed by atoms with E-state index in [0.29, 0.717) is 35.8 Å². The first-order valence-corrected chi connectivity index (χ1v) is 6.41. The molecule has 0 bridgehead atoms. The van der Waals surface area contributed by atoms with Crippen molar-refractivity contribution in [2.24, 2.45) is 5.84 Å². The first-order valence-electron chi connectivity index (χ1n) is 5.62. The summed E-state index contributed by atoms with van der Waals surface area (Å²) in [7, 11) is 0. The predicted octanol–water partition coefficient (Wildman–Crippen LogP) is 0.477. The third-order valence-corrected chi connectivity index (χ3v) is 3.68. The first kappa shape index (κ1) is 13.5. The van der Waals surface area contributed by atoms with Crippen molar-refractivity contribution >= 4 is 27.7 Å². The van der Waals surface area contributed by atoms with E-state index < -0.39 is 5.60 Å². The van der Waals surface area contributed by atoms with Gasteiger partial charge in [0.15, 0.2) is 0 Å². The van der Waals surface area contributed by atoms with Crippen molar-refractivity contribution < 1.29 is 9.84 Å². The van der Waals surface area contributed by atoms with Crippen LogP contribution in [0.15, 0.2) is 10.7 Å². The molecule has 1 fully saturated rings. The molecule has 0 aliphatic carbocycles. The average molecular weight is 318 g/mol. The van der Waals surface area contributed by atoms with E-state index in [4.69, 9.17) is 10.6 Å². The number of hydrogen-bond donors (Lipinski definition) is 4. The largest absolute Gasteiger partial charge is 0.385 e. The van der Waals surface area contributed by atoms with Gasteiger partial charge in [-0.25, -0.2) is 10.8 Å². The molecule has 1 aliphatic rings. The molecule has 0 aromatic carbocycles. The Morgan fingerprint density at radius 2 is 2.50 bits per heavy atom. The summed E-state index contributed by atoms with van der Waals surface area (Å²) in [6, 6.07) is 0. The quantitative estimate of drug-likeness (QED) is 0.472. The molecule has 2 heterocycles. The van der Waals surface area contributed by atoms with Gasteiger partial charge in [0.1, 0.15) is 11.4 Å². The molecule has 8 heteroatoms. The van der Waals surface area contributed by atoms with Crippen LogP contribution in [0.5, 0.6) is 0 Å². The Balaban J connectivity index is 2.05. The maximum Gasteiger partial charge on any atom is 0.239 e. The van der Waals surface area contributed by atoms with Gasteiger partial charge in [0.25, 0.3) is 0 Å². The third-order valence-electron chi connectivity index (χ3n) is 3.09. The number of hydrazine groups is 1. The van der Waals surface area contributed by atoms with Crippen molar-refractivity contribution in [3.05, 3.63) is 10.7 Å². The van der Waals surface area contributed by atoms with Gasteiger partial charge in [-0.2, -0.15) is 4.98 Å². The highest BCUT2D eigenvalue weighted by atomic mass is 79.9. The molecule has 1 aromatic heterocycles. The Hall–Kier alpha value is -0.960. The Morgan fingerprint density at radius 3 is 3.11 bits per heavy atom. The van der Waals surface area contributed by atoms with Crippen molar-refractivity contribution in [2.75, 3.05) is 23.9 Å². The van der Waals surface area contributed by atoms with Crippen LogP contribution in [0.1, 0.15) is 13.3 Å². The van der Waals surface area contributed by atoms with Crippen LogP contribution in [0, 0.1) is 0 Å². The summed E-state index contributed by atoms with van der Waals surface area (Å²) in [5.41, 5.74) is 1.50. The van der Waals surface area contributed by atoms with Crippen molar-refractivity contribution in [2.45, 2.75) is 25.0 Å². The number of ether oxygens (including phenoxy) is 1. The molecule has 0 radical (unpaired) electrons. The van der Waals surface area contributed by atoms with Gasteiger partial charge in [-0.3, -0.25) is 5.43 Å². The molecule has 0 spiro atoms. The molecule has 0 saturated carbocycles. The second-order valence-electron chi connectivity index (χ2n) is 4.25. The number of rotatable bonds is 4. The zero-order valence-corrected chi connectivity index (χ0v) is 11.6. The topological polar surface area (TPSA) is 105 Å². The summed E-state index contributed by atoms with van der Waals surface area (Å²) in [5.74, 6) is 6.13. The van der Waals surface area contributed by atoms with Gasteiger partial charge in [0, 0.05) is 25.8 Å². The van der Waals surface area contributed by atoms with E-state index >= 15 is 0 Å². The number of halogens is 1. The minimum Gasteiger partial charge on any atom is -0.385 e. The van der Waals surface area contributed by atoms with Crippen LogP contribution in [0.4, 0.5) is 11.8 Å². The summed E-state index contributed by atoms with van der Waals surface area (Å²) in [4.78, 5) is 8.10. The maximum absolute atomic E-state index is 10.4. The molecule has 0 amide bonds. The first-order chi connectivity index (χ1) is 8.55. The SMILES string of the molecule is CC1OCCC1(O)CNc1nc(NN)ncc1Br. The summed E-state index contributed by atoms with van der Waals surface area (Å²) in [6.07, 6.45) is 1.99. The van der Waals surface area contributed by atoms with Gasteiger partial charge in [-0.05, 0) is 22.9 Å². The fraction of sp³-hybridized carbons (Fsp3) is 0.600. The smallest absolute Gasteiger partial charge is 0.239 e. The van der Waals surface area contributed by atoms with Gasteiger partial charge in [0.05, 0.1) is 10.6 Å². The number of nitrogens with two attached hydrogens (primary N) is 1. The summed E-state index contributed by atoms with van der Waals surface area (Å²) in [5, 5.41) is 13.4. The highest BCUT2D eigenvalue weighted by molar-refractivity contribution is 9.10. The lowest BCUT2D eigenvalue weighted by molar-refractivity contribution is -0.0176. The molecule has 2 atom stereocenters. The van der Waals surface area contributed by atoms with Gasteiger partial charge >= 0.3 is 0 Å². The lowest BCUT2D eigenvalue weighted by Crippen LogP contribution is -2.43. The van der Waals surface area contributed by atoms with Crippen LogP contribution in [-0.4, -0.2) is 39.9 Å². The second-order valence-corrected chi connectivity index (χ2v) is 5.11. The summed E-state index contributed by atoms with van der Waals surface area (Å²) >= 11 is 3.33. The van der Waals surface area contributed by atoms with Gasteiger partial charge < -0.3 is 15.2 Å². The zero-order valence-electron chi connectivity index (χ0n) is 9.98. The van der Waals surface area contributed by atoms with E-state index in [1.54, 1.807) is 6.20 Å². The highest BCUT2D eigenvalue weighted by Gasteiger charge is 2.39. The molecular weight excluding hydrogens is 302 g/mol. The monoisotopic (exact) mass is 317 g/mol. The molecule has 2 unspecified atom stereocenters. The lowest BCUT2D eigenvalue weighted by Gasteiger charge is -2.26. The van der Waals surface area contributed by atoms with E-state index in [1.807, 2.05) is 6.92 Å². The fourth-order valence-corrected chi connectivity index (χ4v) is 2.13. The van der Waals surface area contributed by atoms with Crippen molar-refractivity contribution in [3.63, 3.8) is 0 Å². The second kappa shape index (κ2) is 5.35. The number of hydrogen-bond acceptors (Lipinski definition) is 7. The molecule has 18 heavy (non-hydrogen) atoms. The number of nitrogens with zero attached hydrogens (tertiary/aromatic N) is 2. The maximum atomic E-state index is 10.4. The minimum absolute atomic E-state index is 0.197. The highest BCUT2D eigenvalue weighted by Crippen LogP contribution is 2.27. The number of aliphatic hydroxyl groups is 1. The Kier molecular flexibility index (Phi) is 4.00. The number of anilines is 2. The van der Waals surface area contributed by atoms with Crippen LogP contribution in [0.2, 0.25) is 0 Å². The molecule has 5 N–H and O–H groups in total. The van der Waals surface area contributed by atoms with Gasteiger partial charge in [-0.15, -0.1) is 0 Å². The Labute approximate surface area is 113 Å². The van der Waals surface area contributed by atoms with Gasteiger partial charge in [0.2, 0.25) is 5.95 Å². The molecule has 2 rings (SSSR count). The van der Waals surface area contributed by atoms with E-state index in [2.05, 4.69) is 36.6 Å². The van der Waals surface area contributed by atoms with Gasteiger partial charge in [-0.1, -0.05) is 0 Å². The number of nitrogens with one attached hydrogen (secondary N) is 2. The third kappa shape index (κ3) is 2.72. The Morgan fingerprint density at radius 1 is 1.72 bits per heavy atom. The number of nitrogen functional groups attached to an aromatic ring is 1. The molecule has 1 aromatic rings. The summed E-state index contributed by atoms with van der Waals surface area (Å²) in [6.45, 7) is 2.78. The molecule has 1 saturated heterocycles. The van der Waals surface area contributed by atoms with E-state index in [-0.39, 0.29) is 6.10 Å². The molecule has 7 nitrogen and oxygen atoms in total. The average Bonchev–Trinajstić information content (AvgIpc) is 2.69. The van der Waals surface area contributed by atoms with Crippen molar-refractivity contribution in [1.82, 2.24) is 9.97 Å². The van der Waals surface area contributed by atoms with E-state index in [0.717, 1.165) is 0 Å². The van der Waals surface area contributed by atoms with Crippen LogP contribution in [0.3, 0.4) is 0 Å². The lowest BCUT2D eigenvalue weighted by atomic mass is 9.97. The molecule has 1 aliphatic heterocycles. The molecule has 100 valence electrons. The number of aromatic nitrogens is 2. The predicted molar refractivity (Wildman–Crippen MR) is 71.0 cm³/mol. The van der Waals surface area contributed by atoms with Crippen LogP contribution in [-0.2, 0) is 4.74 Å². The van der Waals surface area contributed by atoms with E-state index in [9.17, 15) is 5.11 Å². The minimum atomic E-state index is -0.874. The fourth-order valence-electron chi connectivity index (χ4n) is 1.80. The Bertz CT molecular complexity index is 433.